The van der Waals surface area contributed by atoms with Crippen molar-refractivity contribution in [3.8, 4) is 0 Å². The van der Waals surface area contributed by atoms with Crippen LogP contribution in [0.15, 0.2) is 22.7 Å². The molecule has 122 valence electrons. The van der Waals surface area contributed by atoms with Crippen molar-refractivity contribution >= 4 is 22.0 Å². The molecule has 0 spiro atoms. The van der Waals surface area contributed by atoms with Gasteiger partial charge in [-0.3, -0.25) is 0 Å². The fraction of sp³-hybridized carbons (Fsp3) is 0.562. The number of hydrogen-bond acceptors (Lipinski definition) is 3. The SMILES string of the molecule is CC(C)(C)OC(=O)N1CCC(NCc2ccc(Br)c(F)c2)C1. The molecule has 22 heavy (non-hydrogen) atoms. The highest BCUT2D eigenvalue weighted by Gasteiger charge is 2.29. The fourth-order valence-corrected chi connectivity index (χ4v) is 2.58. The lowest BCUT2D eigenvalue weighted by Gasteiger charge is -2.24. The van der Waals surface area contributed by atoms with Gasteiger partial charge in [0.05, 0.1) is 4.47 Å². The van der Waals surface area contributed by atoms with E-state index in [0.29, 0.717) is 24.1 Å². The van der Waals surface area contributed by atoms with Crippen molar-refractivity contribution in [1.29, 1.82) is 0 Å². The summed E-state index contributed by atoms with van der Waals surface area (Å²) >= 11 is 3.14. The molecule has 0 bridgehead atoms. The van der Waals surface area contributed by atoms with Gasteiger partial charge in [-0.2, -0.15) is 0 Å². The van der Waals surface area contributed by atoms with Gasteiger partial charge in [0.25, 0.3) is 0 Å². The minimum absolute atomic E-state index is 0.208. The number of benzene rings is 1. The highest BCUT2D eigenvalue weighted by Crippen LogP contribution is 2.18. The summed E-state index contributed by atoms with van der Waals surface area (Å²) in [6.07, 6.45) is 0.601. The first-order valence-electron chi connectivity index (χ1n) is 7.40. The molecule has 1 amide bonds. The van der Waals surface area contributed by atoms with Crippen LogP contribution in [0.1, 0.15) is 32.8 Å². The minimum Gasteiger partial charge on any atom is -0.444 e. The van der Waals surface area contributed by atoms with Crippen LogP contribution >= 0.6 is 15.9 Å². The number of hydrogen-bond donors (Lipinski definition) is 1. The standard InChI is InChI=1S/C16H22BrFN2O2/c1-16(2,3)22-15(21)20-7-6-12(10-20)19-9-11-4-5-13(17)14(18)8-11/h4-5,8,12,19H,6-7,9-10H2,1-3H3. The second-order valence-corrected chi connectivity index (χ2v) is 7.40. The van der Waals surface area contributed by atoms with Crippen LogP contribution in [-0.2, 0) is 11.3 Å². The molecule has 1 aliphatic rings. The largest absolute Gasteiger partial charge is 0.444 e. The van der Waals surface area contributed by atoms with Gasteiger partial charge < -0.3 is 15.0 Å². The molecule has 1 N–H and O–H groups in total. The summed E-state index contributed by atoms with van der Waals surface area (Å²) in [5.41, 5.74) is 0.411. The molecule has 1 aliphatic heterocycles. The predicted octanol–water partition coefficient (Wildman–Crippen LogP) is 3.69. The van der Waals surface area contributed by atoms with E-state index in [1.165, 1.54) is 6.07 Å². The van der Waals surface area contributed by atoms with Gasteiger partial charge in [0, 0.05) is 25.7 Å². The first-order chi connectivity index (χ1) is 10.2. The summed E-state index contributed by atoms with van der Waals surface area (Å²) in [6.45, 7) is 7.46. The Hall–Kier alpha value is -1.14. The fourth-order valence-electron chi connectivity index (χ4n) is 2.33. The van der Waals surface area contributed by atoms with E-state index < -0.39 is 5.60 Å². The predicted molar refractivity (Wildman–Crippen MR) is 87.2 cm³/mol. The van der Waals surface area contributed by atoms with E-state index in [2.05, 4.69) is 21.2 Å². The number of ether oxygens (including phenoxy) is 1. The molecule has 1 saturated heterocycles. The molecule has 1 atom stereocenters. The number of carbonyl (C=O) groups excluding carboxylic acids is 1. The Labute approximate surface area is 139 Å². The van der Waals surface area contributed by atoms with Crippen molar-refractivity contribution in [1.82, 2.24) is 10.2 Å². The smallest absolute Gasteiger partial charge is 0.410 e. The average molecular weight is 373 g/mol. The highest BCUT2D eigenvalue weighted by atomic mass is 79.9. The van der Waals surface area contributed by atoms with Gasteiger partial charge in [0.2, 0.25) is 0 Å². The topological polar surface area (TPSA) is 41.6 Å². The normalized spacial score (nSPS) is 18.6. The number of carbonyl (C=O) groups is 1. The monoisotopic (exact) mass is 372 g/mol. The molecule has 1 aromatic rings. The zero-order chi connectivity index (χ0) is 16.3. The Balaban J connectivity index is 1.81. The number of nitrogens with one attached hydrogen (secondary N) is 1. The summed E-state index contributed by atoms with van der Waals surface area (Å²) in [5.74, 6) is -0.263. The Kier molecular flexibility index (Phi) is 5.45. The van der Waals surface area contributed by atoms with Crippen LogP contribution in [0.25, 0.3) is 0 Å². The summed E-state index contributed by atoms with van der Waals surface area (Å²) in [7, 11) is 0. The molecule has 0 aromatic heterocycles. The van der Waals surface area contributed by atoms with Crippen molar-refractivity contribution in [2.24, 2.45) is 0 Å². The molecular weight excluding hydrogens is 351 g/mol. The van der Waals surface area contributed by atoms with Crippen molar-refractivity contribution in [2.75, 3.05) is 13.1 Å². The third-order valence-corrected chi connectivity index (χ3v) is 4.06. The van der Waals surface area contributed by atoms with Crippen LogP contribution in [0.4, 0.5) is 9.18 Å². The van der Waals surface area contributed by atoms with Crippen LogP contribution in [0, 0.1) is 5.82 Å². The summed E-state index contributed by atoms with van der Waals surface area (Å²) in [6, 6.07) is 5.30. The molecule has 0 saturated carbocycles. The Bertz CT molecular complexity index is 545. The van der Waals surface area contributed by atoms with Crippen LogP contribution in [0.5, 0.6) is 0 Å². The van der Waals surface area contributed by atoms with Crippen LogP contribution in [-0.4, -0.2) is 35.7 Å². The first kappa shape index (κ1) is 17.2. The maximum atomic E-state index is 13.5. The van der Waals surface area contributed by atoms with E-state index in [-0.39, 0.29) is 18.0 Å². The van der Waals surface area contributed by atoms with Crippen LogP contribution < -0.4 is 5.32 Å². The molecular formula is C16H22BrFN2O2. The maximum absolute atomic E-state index is 13.5. The molecule has 6 heteroatoms. The van der Waals surface area contributed by atoms with E-state index in [1.54, 1.807) is 11.0 Å². The number of halogens is 2. The van der Waals surface area contributed by atoms with E-state index in [0.717, 1.165) is 12.0 Å². The molecule has 1 unspecified atom stereocenters. The van der Waals surface area contributed by atoms with Crippen molar-refractivity contribution in [2.45, 2.75) is 45.4 Å². The molecule has 4 nitrogen and oxygen atoms in total. The summed E-state index contributed by atoms with van der Waals surface area (Å²) < 4.78 is 19.3. The van der Waals surface area contributed by atoms with Gasteiger partial charge in [0.1, 0.15) is 11.4 Å². The molecule has 1 heterocycles. The first-order valence-corrected chi connectivity index (χ1v) is 8.19. The van der Waals surface area contributed by atoms with Gasteiger partial charge in [-0.25, -0.2) is 9.18 Å². The quantitative estimate of drug-likeness (QED) is 0.879. The number of amides is 1. The minimum atomic E-state index is -0.475. The zero-order valence-electron chi connectivity index (χ0n) is 13.2. The van der Waals surface area contributed by atoms with Gasteiger partial charge in [-0.15, -0.1) is 0 Å². The Morgan fingerprint density at radius 1 is 1.50 bits per heavy atom. The van der Waals surface area contributed by atoms with E-state index in [1.807, 2.05) is 26.8 Å². The number of nitrogens with zero attached hydrogens (tertiary/aromatic N) is 1. The van der Waals surface area contributed by atoms with Crippen LogP contribution in [0.2, 0.25) is 0 Å². The van der Waals surface area contributed by atoms with Crippen LogP contribution in [0.3, 0.4) is 0 Å². The van der Waals surface area contributed by atoms with E-state index in [9.17, 15) is 9.18 Å². The zero-order valence-corrected chi connectivity index (χ0v) is 14.7. The lowest BCUT2D eigenvalue weighted by atomic mass is 10.2. The third kappa shape index (κ3) is 4.95. The number of rotatable bonds is 3. The Morgan fingerprint density at radius 2 is 2.23 bits per heavy atom. The second-order valence-electron chi connectivity index (χ2n) is 6.54. The maximum Gasteiger partial charge on any atom is 0.410 e. The molecule has 0 radical (unpaired) electrons. The molecule has 1 aromatic carbocycles. The van der Waals surface area contributed by atoms with Gasteiger partial charge in [0.15, 0.2) is 0 Å². The van der Waals surface area contributed by atoms with Crippen molar-refractivity contribution in [3.63, 3.8) is 0 Å². The third-order valence-electron chi connectivity index (χ3n) is 3.42. The molecule has 1 fully saturated rings. The number of likely N-dealkylation sites (tertiary alicyclic amines) is 1. The summed E-state index contributed by atoms with van der Waals surface area (Å²) in [4.78, 5) is 13.7. The van der Waals surface area contributed by atoms with E-state index in [4.69, 9.17) is 4.74 Å². The average Bonchev–Trinajstić information content (AvgIpc) is 2.87. The van der Waals surface area contributed by atoms with Gasteiger partial charge >= 0.3 is 6.09 Å². The van der Waals surface area contributed by atoms with Gasteiger partial charge in [-0.05, 0) is 60.8 Å². The highest BCUT2D eigenvalue weighted by molar-refractivity contribution is 9.10. The molecule has 2 rings (SSSR count). The van der Waals surface area contributed by atoms with Gasteiger partial charge in [-0.1, -0.05) is 6.07 Å². The van der Waals surface area contributed by atoms with Crippen molar-refractivity contribution < 1.29 is 13.9 Å². The van der Waals surface area contributed by atoms with Crippen molar-refractivity contribution in [3.05, 3.63) is 34.1 Å². The lowest BCUT2D eigenvalue weighted by Crippen LogP contribution is -2.38. The van der Waals surface area contributed by atoms with E-state index >= 15 is 0 Å². The Morgan fingerprint density at radius 3 is 2.86 bits per heavy atom. The second kappa shape index (κ2) is 6.96. The summed E-state index contributed by atoms with van der Waals surface area (Å²) in [5, 5.41) is 3.36. The lowest BCUT2D eigenvalue weighted by molar-refractivity contribution is 0.0291. The molecule has 0 aliphatic carbocycles.